The third kappa shape index (κ3) is 5.17. The minimum absolute atomic E-state index is 0.204. The first-order valence-corrected chi connectivity index (χ1v) is 8.58. The topological polar surface area (TPSA) is 9.23 Å². The molecule has 4 heteroatoms. The Bertz CT molecular complexity index is 390. The Morgan fingerprint density at radius 3 is 2.21 bits per heavy atom. The zero-order valence-electron chi connectivity index (χ0n) is 11.5. The molecule has 1 aromatic carbocycles. The molecule has 1 aromatic rings. The largest absolute Gasteiger partial charge is 0.493 e. The highest BCUT2D eigenvalue weighted by Gasteiger charge is 2.28. The van der Waals surface area contributed by atoms with Crippen LogP contribution >= 0.6 is 39.1 Å². The number of rotatable bonds is 8. The average Bonchev–Trinajstić information content (AvgIpc) is 2.40. The summed E-state index contributed by atoms with van der Waals surface area (Å²) in [6.45, 7) is 5.14. The van der Waals surface area contributed by atoms with Crippen LogP contribution in [0.4, 0.5) is 0 Å². The van der Waals surface area contributed by atoms with Crippen molar-refractivity contribution in [2.45, 2.75) is 39.5 Å². The van der Waals surface area contributed by atoms with Gasteiger partial charge in [0.15, 0.2) is 0 Å². The number of benzene rings is 1. The van der Waals surface area contributed by atoms with E-state index in [0.29, 0.717) is 16.7 Å². The minimum Gasteiger partial charge on any atom is -0.493 e. The van der Waals surface area contributed by atoms with Gasteiger partial charge >= 0.3 is 0 Å². The van der Waals surface area contributed by atoms with Crippen molar-refractivity contribution in [1.82, 2.24) is 0 Å². The van der Waals surface area contributed by atoms with Crippen LogP contribution in [0.1, 0.15) is 39.5 Å². The highest BCUT2D eigenvalue weighted by Crippen LogP contribution is 2.34. The highest BCUT2D eigenvalue weighted by molar-refractivity contribution is 9.09. The molecule has 0 amide bonds. The third-order valence-corrected chi connectivity index (χ3v) is 5.21. The van der Waals surface area contributed by atoms with Gasteiger partial charge in [0, 0.05) is 16.8 Å². The molecule has 108 valence electrons. The SMILES string of the molecule is CCCC(CBr)(CCC)COc1ccc(Cl)c(Cl)c1. The van der Waals surface area contributed by atoms with E-state index in [0.717, 1.165) is 36.8 Å². The van der Waals surface area contributed by atoms with E-state index in [2.05, 4.69) is 29.8 Å². The minimum atomic E-state index is 0.204. The van der Waals surface area contributed by atoms with Gasteiger partial charge in [0.25, 0.3) is 0 Å². The lowest BCUT2D eigenvalue weighted by molar-refractivity contribution is 0.144. The van der Waals surface area contributed by atoms with Gasteiger partial charge in [0.1, 0.15) is 5.75 Å². The summed E-state index contributed by atoms with van der Waals surface area (Å²) in [7, 11) is 0. The number of ether oxygens (including phenoxy) is 1. The lowest BCUT2D eigenvalue weighted by Gasteiger charge is -2.31. The molecule has 0 spiro atoms. The third-order valence-electron chi connectivity index (χ3n) is 3.28. The van der Waals surface area contributed by atoms with Crippen molar-refractivity contribution in [3.8, 4) is 5.75 Å². The molecule has 0 unspecified atom stereocenters. The van der Waals surface area contributed by atoms with Crippen molar-refractivity contribution >= 4 is 39.1 Å². The summed E-state index contributed by atoms with van der Waals surface area (Å²) in [6.07, 6.45) is 4.65. The van der Waals surface area contributed by atoms with E-state index in [1.165, 1.54) is 0 Å². The van der Waals surface area contributed by atoms with Crippen molar-refractivity contribution in [2.24, 2.45) is 5.41 Å². The first-order valence-electron chi connectivity index (χ1n) is 6.70. The smallest absolute Gasteiger partial charge is 0.120 e. The molecule has 0 saturated carbocycles. The number of hydrogen-bond acceptors (Lipinski definition) is 1. The molecule has 19 heavy (non-hydrogen) atoms. The van der Waals surface area contributed by atoms with Crippen LogP contribution in [-0.4, -0.2) is 11.9 Å². The van der Waals surface area contributed by atoms with Gasteiger partial charge in [-0.15, -0.1) is 0 Å². The molecule has 0 heterocycles. The molecule has 0 radical (unpaired) electrons. The maximum absolute atomic E-state index is 6.00. The molecule has 0 aliphatic rings. The zero-order valence-corrected chi connectivity index (χ0v) is 14.6. The Morgan fingerprint density at radius 2 is 1.74 bits per heavy atom. The van der Waals surface area contributed by atoms with Crippen molar-refractivity contribution in [3.63, 3.8) is 0 Å². The fourth-order valence-electron chi connectivity index (χ4n) is 2.31. The number of halogens is 3. The van der Waals surface area contributed by atoms with Gasteiger partial charge in [-0.2, -0.15) is 0 Å². The molecule has 0 aromatic heterocycles. The van der Waals surface area contributed by atoms with Gasteiger partial charge in [0.05, 0.1) is 16.7 Å². The van der Waals surface area contributed by atoms with Gasteiger partial charge in [-0.05, 0) is 25.0 Å². The standard InChI is InChI=1S/C15H21BrCl2O/c1-3-7-15(10-16,8-4-2)11-19-12-5-6-13(17)14(18)9-12/h5-6,9H,3-4,7-8,10-11H2,1-2H3. The van der Waals surface area contributed by atoms with Crippen LogP contribution in [0.2, 0.25) is 10.0 Å². The Morgan fingerprint density at radius 1 is 1.11 bits per heavy atom. The van der Waals surface area contributed by atoms with Crippen LogP contribution in [0.15, 0.2) is 18.2 Å². The summed E-state index contributed by atoms with van der Waals surface area (Å²) in [5.74, 6) is 0.784. The first kappa shape index (κ1) is 17.1. The fraction of sp³-hybridized carbons (Fsp3) is 0.600. The summed E-state index contributed by atoms with van der Waals surface area (Å²) in [6, 6.07) is 5.42. The molecule has 0 fully saturated rings. The van der Waals surface area contributed by atoms with Gasteiger partial charge in [-0.3, -0.25) is 0 Å². The van der Waals surface area contributed by atoms with Gasteiger partial charge in [-0.25, -0.2) is 0 Å². The lowest BCUT2D eigenvalue weighted by Crippen LogP contribution is -2.30. The normalized spacial score (nSPS) is 11.6. The summed E-state index contributed by atoms with van der Waals surface area (Å²) in [5.41, 5.74) is 0.204. The van der Waals surface area contributed by atoms with Crippen molar-refractivity contribution in [2.75, 3.05) is 11.9 Å². The number of alkyl halides is 1. The quantitative estimate of drug-likeness (QED) is 0.486. The Kier molecular flexibility index (Phi) is 7.56. The molecule has 1 rings (SSSR count). The van der Waals surface area contributed by atoms with E-state index in [-0.39, 0.29) is 5.41 Å². The molecule has 0 atom stereocenters. The second-order valence-electron chi connectivity index (χ2n) is 5.00. The zero-order chi connectivity index (χ0) is 14.3. The second-order valence-corrected chi connectivity index (χ2v) is 6.37. The maximum atomic E-state index is 6.00. The van der Waals surface area contributed by atoms with E-state index in [1.54, 1.807) is 12.1 Å². The van der Waals surface area contributed by atoms with E-state index >= 15 is 0 Å². The predicted octanol–water partition coefficient (Wildman–Crippen LogP) is 6.35. The van der Waals surface area contributed by atoms with Crippen LogP contribution in [0.5, 0.6) is 5.75 Å². The van der Waals surface area contributed by atoms with Gasteiger partial charge in [0.2, 0.25) is 0 Å². The van der Waals surface area contributed by atoms with Crippen molar-refractivity contribution in [1.29, 1.82) is 0 Å². The molecular formula is C15H21BrCl2O. The van der Waals surface area contributed by atoms with Crippen LogP contribution in [0.3, 0.4) is 0 Å². The predicted molar refractivity (Wildman–Crippen MR) is 88.0 cm³/mol. The average molecular weight is 368 g/mol. The molecule has 1 nitrogen and oxygen atoms in total. The lowest BCUT2D eigenvalue weighted by atomic mass is 9.82. The molecule has 0 saturated heterocycles. The van der Waals surface area contributed by atoms with Crippen LogP contribution in [0, 0.1) is 5.41 Å². The van der Waals surface area contributed by atoms with Gasteiger partial charge in [-0.1, -0.05) is 65.8 Å². The highest BCUT2D eigenvalue weighted by atomic mass is 79.9. The van der Waals surface area contributed by atoms with E-state index in [1.807, 2.05) is 6.07 Å². The van der Waals surface area contributed by atoms with E-state index in [4.69, 9.17) is 27.9 Å². The van der Waals surface area contributed by atoms with Gasteiger partial charge < -0.3 is 4.74 Å². The maximum Gasteiger partial charge on any atom is 0.120 e. The van der Waals surface area contributed by atoms with Crippen LogP contribution < -0.4 is 4.74 Å². The molecule has 0 aliphatic carbocycles. The summed E-state index contributed by atoms with van der Waals surface area (Å²) in [5, 5.41) is 2.06. The molecule has 0 aliphatic heterocycles. The number of hydrogen-bond donors (Lipinski definition) is 0. The molecular weight excluding hydrogens is 347 g/mol. The Hall–Kier alpha value is 0.0800. The Labute approximate surface area is 134 Å². The van der Waals surface area contributed by atoms with E-state index < -0.39 is 0 Å². The second kappa shape index (κ2) is 8.39. The van der Waals surface area contributed by atoms with Crippen LogP contribution in [-0.2, 0) is 0 Å². The van der Waals surface area contributed by atoms with Crippen molar-refractivity contribution in [3.05, 3.63) is 28.2 Å². The van der Waals surface area contributed by atoms with E-state index in [9.17, 15) is 0 Å². The van der Waals surface area contributed by atoms with Crippen molar-refractivity contribution < 1.29 is 4.74 Å². The first-order chi connectivity index (χ1) is 9.06. The fourth-order valence-corrected chi connectivity index (χ4v) is 3.32. The summed E-state index contributed by atoms with van der Waals surface area (Å²) < 4.78 is 5.93. The molecule has 0 N–H and O–H groups in total. The monoisotopic (exact) mass is 366 g/mol. The molecule has 0 bridgehead atoms. The summed E-state index contributed by atoms with van der Waals surface area (Å²) in [4.78, 5) is 0. The van der Waals surface area contributed by atoms with Crippen LogP contribution in [0.25, 0.3) is 0 Å². The Balaban J connectivity index is 2.71. The summed E-state index contributed by atoms with van der Waals surface area (Å²) >= 11 is 15.5.